The summed E-state index contributed by atoms with van der Waals surface area (Å²) >= 11 is 2.91. The molecule has 0 amide bonds. The van der Waals surface area contributed by atoms with E-state index in [1.807, 2.05) is 43.5 Å². The molecule has 21 heavy (non-hydrogen) atoms. The summed E-state index contributed by atoms with van der Waals surface area (Å²) in [6.07, 6.45) is -0.170. The van der Waals surface area contributed by atoms with Gasteiger partial charge in [0.2, 0.25) is 0 Å². The first-order valence-electron chi connectivity index (χ1n) is 6.50. The van der Waals surface area contributed by atoms with Gasteiger partial charge in [0, 0.05) is 5.39 Å². The maximum atomic E-state index is 12.0. The highest BCUT2D eigenvalue weighted by molar-refractivity contribution is 7.21. The van der Waals surface area contributed by atoms with Crippen LogP contribution in [0, 0.1) is 0 Å². The number of esters is 1. The normalized spacial score (nSPS) is 11.2. The Morgan fingerprint density at radius 2 is 2.14 bits per heavy atom. The van der Waals surface area contributed by atoms with Crippen LogP contribution >= 0.6 is 22.7 Å². The number of hydrogen-bond acceptors (Lipinski definition) is 6. The third-order valence-corrected chi connectivity index (χ3v) is 4.88. The van der Waals surface area contributed by atoms with Crippen LogP contribution < -0.4 is 5.73 Å². The van der Waals surface area contributed by atoms with E-state index >= 15 is 0 Å². The highest BCUT2D eigenvalue weighted by Gasteiger charge is 2.19. The molecular weight excluding hydrogens is 304 g/mol. The topological polar surface area (TPSA) is 65.2 Å². The number of ether oxygens (including phenoxy) is 1. The average Bonchev–Trinajstić information content (AvgIpc) is 3.06. The molecule has 0 bridgehead atoms. The van der Waals surface area contributed by atoms with Crippen molar-refractivity contribution in [2.45, 2.75) is 20.0 Å². The zero-order valence-corrected chi connectivity index (χ0v) is 13.3. The summed E-state index contributed by atoms with van der Waals surface area (Å²) in [6, 6.07) is 7.84. The van der Waals surface area contributed by atoms with Gasteiger partial charge in [0.05, 0.1) is 22.4 Å². The molecule has 2 N–H and O–H groups in total. The van der Waals surface area contributed by atoms with Gasteiger partial charge in [0.1, 0.15) is 9.71 Å². The summed E-state index contributed by atoms with van der Waals surface area (Å²) < 4.78 is 5.21. The van der Waals surface area contributed by atoms with Gasteiger partial charge in [-0.3, -0.25) is 0 Å². The quantitative estimate of drug-likeness (QED) is 0.736. The monoisotopic (exact) mass is 318 g/mol. The van der Waals surface area contributed by atoms with E-state index in [0.29, 0.717) is 10.6 Å². The molecule has 0 atom stereocenters. The number of fused-ring (bicyclic) bond motifs is 1. The van der Waals surface area contributed by atoms with Gasteiger partial charge >= 0.3 is 5.97 Å². The summed E-state index contributed by atoms with van der Waals surface area (Å²) in [7, 11) is 0. The van der Waals surface area contributed by atoms with Gasteiger partial charge in [-0.25, -0.2) is 9.78 Å². The number of anilines is 1. The maximum Gasteiger partial charge on any atom is 0.350 e. The second-order valence-electron chi connectivity index (χ2n) is 4.83. The van der Waals surface area contributed by atoms with Crippen molar-refractivity contribution in [2.75, 3.05) is 5.73 Å². The Hall–Kier alpha value is -1.92. The van der Waals surface area contributed by atoms with Gasteiger partial charge < -0.3 is 10.5 Å². The number of thiophene rings is 2. The molecule has 0 aromatic carbocycles. The highest BCUT2D eigenvalue weighted by Crippen LogP contribution is 2.35. The lowest BCUT2D eigenvalue weighted by Gasteiger charge is -2.06. The van der Waals surface area contributed by atoms with Crippen molar-refractivity contribution in [3.63, 3.8) is 0 Å². The zero-order chi connectivity index (χ0) is 15.0. The van der Waals surface area contributed by atoms with Crippen molar-refractivity contribution in [3.8, 4) is 10.6 Å². The van der Waals surface area contributed by atoms with E-state index in [2.05, 4.69) is 4.98 Å². The minimum absolute atomic E-state index is 0.170. The number of carbonyl (C=O) groups is 1. The second-order valence-corrected chi connectivity index (χ2v) is 6.77. The Kier molecular flexibility index (Phi) is 3.65. The van der Waals surface area contributed by atoms with Crippen molar-refractivity contribution >= 4 is 44.5 Å². The van der Waals surface area contributed by atoms with Crippen molar-refractivity contribution < 1.29 is 9.53 Å². The van der Waals surface area contributed by atoms with E-state index in [0.717, 1.165) is 20.8 Å². The van der Waals surface area contributed by atoms with Crippen molar-refractivity contribution in [3.05, 3.63) is 34.5 Å². The van der Waals surface area contributed by atoms with Crippen LogP contribution in [0.4, 0.5) is 5.69 Å². The molecule has 0 aliphatic heterocycles. The number of nitrogens with zero attached hydrogens (tertiary/aromatic N) is 1. The van der Waals surface area contributed by atoms with E-state index in [1.54, 1.807) is 11.3 Å². The predicted octanol–water partition coefficient (Wildman–Crippen LogP) is 4.17. The lowest BCUT2D eigenvalue weighted by molar-refractivity contribution is 0.0385. The number of rotatable bonds is 3. The molecule has 0 saturated carbocycles. The molecule has 0 aliphatic rings. The molecule has 0 fully saturated rings. The fraction of sp³-hybridized carbons (Fsp3) is 0.200. The lowest BCUT2D eigenvalue weighted by atomic mass is 10.2. The summed E-state index contributed by atoms with van der Waals surface area (Å²) in [5.41, 5.74) is 7.40. The molecule has 108 valence electrons. The van der Waals surface area contributed by atoms with Crippen LogP contribution in [0.2, 0.25) is 0 Å². The Morgan fingerprint density at radius 1 is 1.33 bits per heavy atom. The van der Waals surface area contributed by atoms with E-state index in [4.69, 9.17) is 10.5 Å². The Bertz CT molecular complexity index is 791. The molecule has 3 rings (SSSR count). The number of nitrogen functional groups attached to an aromatic ring is 1. The highest BCUT2D eigenvalue weighted by atomic mass is 32.1. The standard InChI is InChI=1S/C15H14N2O2S2/c1-8(2)19-15(18)13-12(16)9-5-6-10(17-14(9)21-13)11-4-3-7-20-11/h3-8H,16H2,1-2H3. The molecule has 0 saturated heterocycles. The largest absolute Gasteiger partial charge is 0.459 e. The molecule has 0 radical (unpaired) electrons. The number of aromatic nitrogens is 1. The number of hydrogen-bond donors (Lipinski definition) is 1. The molecule has 0 unspecified atom stereocenters. The van der Waals surface area contributed by atoms with Crippen LogP contribution in [0.3, 0.4) is 0 Å². The third kappa shape index (κ3) is 2.64. The maximum absolute atomic E-state index is 12.0. The average molecular weight is 318 g/mol. The van der Waals surface area contributed by atoms with Gasteiger partial charge in [-0.05, 0) is 37.4 Å². The van der Waals surface area contributed by atoms with E-state index < -0.39 is 0 Å². The van der Waals surface area contributed by atoms with E-state index in [9.17, 15) is 4.79 Å². The zero-order valence-electron chi connectivity index (χ0n) is 11.6. The molecule has 6 heteroatoms. The van der Waals surface area contributed by atoms with Crippen LogP contribution in [0.15, 0.2) is 29.6 Å². The Labute approximate surface area is 130 Å². The number of nitrogens with two attached hydrogens (primary N) is 1. The van der Waals surface area contributed by atoms with Crippen molar-refractivity contribution in [2.24, 2.45) is 0 Å². The molecular formula is C15H14N2O2S2. The van der Waals surface area contributed by atoms with Gasteiger partial charge in [0.15, 0.2) is 0 Å². The van der Waals surface area contributed by atoms with E-state index in [1.165, 1.54) is 11.3 Å². The van der Waals surface area contributed by atoms with Crippen LogP contribution in [0.1, 0.15) is 23.5 Å². The first-order valence-corrected chi connectivity index (χ1v) is 8.19. The first-order chi connectivity index (χ1) is 10.1. The molecule has 3 aromatic rings. The Balaban J connectivity index is 2.05. The fourth-order valence-electron chi connectivity index (χ4n) is 1.98. The molecule has 3 heterocycles. The SMILES string of the molecule is CC(C)OC(=O)c1sc2nc(-c3cccs3)ccc2c1N. The summed E-state index contributed by atoms with van der Waals surface area (Å²) in [4.78, 5) is 18.9. The van der Waals surface area contributed by atoms with Gasteiger partial charge in [-0.2, -0.15) is 0 Å². The van der Waals surface area contributed by atoms with Gasteiger partial charge in [-0.1, -0.05) is 6.07 Å². The number of pyridine rings is 1. The summed E-state index contributed by atoms with van der Waals surface area (Å²) in [5.74, 6) is -0.386. The van der Waals surface area contributed by atoms with Crippen LogP contribution in [-0.4, -0.2) is 17.1 Å². The van der Waals surface area contributed by atoms with Crippen molar-refractivity contribution in [1.29, 1.82) is 0 Å². The first kappa shape index (κ1) is 14.0. The molecule has 4 nitrogen and oxygen atoms in total. The van der Waals surface area contributed by atoms with Gasteiger partial charge in [0.25, 0.3) is 0 Å². The fourth-order valence-corrected chi connectivity index (χ4v) is 3.65. The summed E-state index contributed by atoms with van der Waals surface area (Å²) in [6.45, 7) is 3.63. The molecule has 0 aliphatic carbocycles. The number of carbonyl (C=O) groups excluding carboxylic acids is 1. The van der Waals surface area contributed by atoms with E-state index in [-0.39, 0.29) is 12.1 Å². The third-order valence-electron chi connectivity index (χ3n) is 2.90. The minimum atomic E-state index is -0.386. The van der Waals surface area contributed by atoms with Gasteiger partial charge in [-0.15, -0.1) is 22.7 Å². The summed E-state index contributed by atoms with van der Waals surface area (Å²) in [5, 5.41) is 2.81. The van der Waals surface area contributed by atoms with Crippen LogP contribution in [0.25, 0.3) is 20.8 Å². The van der Waals surface area contributed by atoms with Crippen LogP contribution in [0.5, 0.6) is 0 Å². The lowest BCUT2D eigenvalue weighted by Crippen LogP contribution is -2.11. The molecule has 3 aromatic heterocycles. The van der Waals surface area contributed by atoms with Crippen molar-refractivity contribution in [1.82, 2.24) is 4.98 Å². The second kappa shape index (κ2) is 5.46. The smallest absolute Gasteiger partial charge is 0.350 e. The van der Waals surface area contributed by atoms with Crippen LogP contribution in [-0.2, 0) is 4.74 Å². The molecule has 0 spiro atoms. The Morgan fingerprint density at radius 3 is 2.81 bits per heavy atom. The minimum Gasteiger partial charge on any atom is -0.459 e. The predicted molar refractivity (Wildman–Crippen MR) is 87.9 cm³/mol.